The molecular formula is C25H30N4O8S. The maximum absolute atomic E-state index is 13.8. The van der Waals surface area contributed by atoms with Crippen LogP contribution in [0.2, 0.25) is 0 Å². The second-order valence-electron chi connectivity index (χ2n) is 10.00. The molecule has 2 aliphatic heterocycles. The predicted octanol–water partition coefficient (Wildman–Crippen LogP) is 1.58. The number of nitrogens with zero attached hydrogens (tertiary/aromatic N) is 3. The maximum Gasteiger partial charge on any atom is 0.413 e. The molecule has 2 aromatic heterocycles. The van der Waals surface area contributed by atoms with Gasteiger partial charge in [-0.3, -0.25) is 9.59 Å². The van der Waals surface area contributed by atoms with Crippen molar-refractivity contribution in [1.82, 2.24) is 14.5 Å². The lowest BCUT2D eigenvalue weighted by Crippen LogP contribution is -2.53. The number of fused-ring (bicyclic) bond motifs is 1. The summed E-state index contributed by atoms with van der Waals surface area (Å²) < 4.78 is 38.0. The van der Waals surface area contributed by atoms with Crippen molar-refractivity contribution in [2.45, 2.75) is 68.1 Å². The average Bonchev–Trinajstić information content (AvgIpc) is 3.63. The average molecular weight is 547 g/mol. The van der Waals surface area contributed by atoms with E-state index in [1.165, 1.54) is 41.7 Å². The molecular weight excluding hydrogens is 516 g/mol. The Hall–Kier alpha value is -3.45. The maximum atomic E-state index is 13.8. The number of carbonyl (C=O) groups is 3. The molecule has 3 aliphatic rings. The fraction of sp³-hybridized carbons (Fsp3) is 0.520. The van der Waals surface area contributed by atoms with E-state index in [1.54, 1.807) is 0 Å². The Bertz CT molecular complexity index is 1290. The van der Waals surface area contributed by atoms with Gasteiger partial charge in [0, 0.05) is 24.7 Å². The molecule has 1 N–H and O–H groups in total. The van der Waals surface area contributed by atoms with Gasteiger partial charge in [-0.25, -0.2) is 13.2 Å². The van der Waals surface area contributed by atoms with Crippen molar-refractivity contribution in [3.63, 3.8) is 0 Å². The highest BCUT2D eigenvalue weighted by Gasteiger charge is 2.55. The number of furan rings is 1. The quantitative estimate of drug-likeness (QED) is 0.406. The number of nitrogens with one attached hydrogen (secondary N) is 1. The highest BCUT2D eigenvalue weighted by Crippen LogP contribution is 2.35. The second kappa shape index (κ2) is 10.7. The lowest BCUT2D eigenvalue weighted by atomic mass is 9.84. The summed E-state index contributed by atoms with van der Waals surface area (Å²) in [7, 11) is -4.27. The Balaban J connectivity index is 1.35. The summed E-state index contributed by atoms with van der Waals surface area (Å²) in [6.45, 7) is -0.280. The molecule has 12 nitrogen and oxygen atoms in total. The van der Waals surface area contributed by atoms with E-state index in [1.807, 2.05) is 0 Å². The molecule has 4 heterocycles. The van der Waals surface area contributed by atoms with Crippen LogP contribution in [0.3, 0.4) is 0 Å². The normalized spacial score (nSPS) is 23.3. The Morgan fingerprint density at radius 1 is 1.18 bits per heavy atom. The SMILES string of the molecule is O=C(NC(CC1CCCCC1)C(=O)N1CCC2C1C(=O)CN2S(=O)(=O)c1cccc[n+]1[O-])Oc1ccoc1. The standard InChI is InChI=1S/C25H30N4O8S/c30-21-15-29(38(34,35)22-8-4-5-11-28(22)33)20-9-12-27(23(20)21)24(31)19(14-17-6-2-1-3-7-17)26-25(32)37-18-10-13-36-16-18/h4-5,8,10-11,13,16-17,19-20,23H,1-3,6-7,9,12,14-15H2,(H,26,32). The van der Waals surface area contributed by atoms with E-state index in [-0.39, 0.29) is 29.4 Å². The van der Waals surface area contributed by atoms with Crippen LogP contribution in [0.4, 0.5) is 4.79 Å². The molecule has 0 spiro atoms. The first-order valence-electron chi connectivity index (χ1n) is 12.8. The van der Waals surface area contributed by atoms with Crippen LogP contribution < -0.4 is 14.8 Å². The Labute approximate surface area is 220 Å². The number of rotatable bonds is 7. The largest absolute Gasteiger partial charge is 0.618 e. The van der Waals surface area contributed by atoms with Crippen molar-refractivity contribution in [3.05, 3.63) is 48.2 Å². The third-order valence-corrected chi connectivity index (χ3v) is 9.47. The second-order valence-corrected chi connectivity index (χ2v) is 11.8. The third-order valence-electron chi connectivity index (χ3n) is 7.61. The molecule has 5 rings (SSSR count). The molecule has 3 unspecified atom stereocenters. The van der Waals surface area contributed by atoms with Crippen LogP contribution in [0.5, 0.6) is 5.75 Å². The summed E-state index contributed by atoms with van der Waals surface area (Å²) >= 11 is 0. The van der Waals surface area contributed by atoms with Gasteiger partial charge in [0.15, 0.2) is 17.7 Å². The molecule has 0 radical (unpaired) electrons. The lowest BCUT2D eigenvalue weighted by molar-refractivity contribution is -0.646. The number of aromatic nitrogens is 1. The summed E-state index contributed by atoms with van der Waals surface area (Å²) in [5.74, 6) is -0.448. The molecule has 0 aromatic carbocycles. The van der Waals surface area contributed by atoms with Crippen LogP contribution in [-0.4, -0.2) is 66.6 Å². The minimum atomic E-state index is -4.27. The molecule has 1 aliphatic carbocycles. The molecule has 1 saturated carbocycles. The third kappa shape index (κ3) is 5.12. The van der Waals surface area contributed by atoms with Crippen molar-refractivity contribution >= 4 is 27.8 Å². The molecule has 38 heavy (non-hydrogen) atoms. The number of hydrogen-bond acceptors (Lipinski definition) is 8. The first-order chi connectivity index (χ1) is 18.3. The number of Topliss-reactive ketones (excluding diaryl/α,β-unsaturated/α-hetero) is 1. The Morgan fingerprint density at radius 2 is 1.97 bits per heavy atom. The van der Waals surface area contributed by atoms with E-state index in [4.69, 9.17) is 9.15 Å². The van der Waals surface area contributed by atoms with Crippen LogP contribution >= 0.6 is 0 Å². The van der Waals surface area contributed by atoms with Crippen LogP contribution in [0, 0.1) is 11.1 Å². The summed E-state index contributed by atoms with van der Waals surface area (Å²) in [5.41, 5.74) is 0. The Morgan fingerprint density at radius 3 is 2.68 bits per heavy atom. The zero-order valence-electron chi connectivity index (χ0n) is 20.7. The summed E-state index contributed by atoms with van der Waals surface area (Å²) in [4.78, 5) is 40.9. The number of carbonyl (C=O) groups excluding carboxylic acids is 3. The van der Waals surface area contributed by atoms with E-state index in [2.05, 4.69) is 5.32 Å². The van der Waals surface area contributed by atoms with Gasteiger partial charge < -0.3 is 24.6 Å². The van der Waals surface area contributed by atoms with Crippen molar-refractivity contribution in [2.75, 3.05) is 13.1 Å². The van der Waals surface area contributed by atoms with Crippen molar-refractivity contribution in [3.8, 4) is 5.75 Å². The van der Waals surface area contributed by atoms with E-state index >= 15 is 0 Å². The first kappa shape index (κ1) is 26.2. The topological polar surface area (TPSA) is 153 Å². The molecule has 0 bridgehead atoms. The molecule has 3 atom stereocenters. The number of hydrogen-bond donors (Lipinski definition) is 1. The first-order valence-corrected chi connectivity index (χ1v) is 14.2. The van der Waals surface area contributed by atoms with Crippen LogP contribution in [0.25, 0.3) is 0 Å². The number of ketones is 1. The van der Waals surface area contributed by atoms with Gasteiger partial charge in [0.1, 0.15) is 18.3 Å². The number of sulfonamides is 1. The van der Waals surface area contributed by atoms with Gasteiger partial charge in [0.2, 0.25) is 5.91 Å². The van der Waals surface area contributed by atoms with Gasteiger partial charge in [-0.15, -0.1) is 0 Å². The van der Waals surface area contributed by atoms with Crippen molar-refractivity contribution < 1.29 is 36.7 Å². The van der Waals surface area contributed by atoms with Crippen LogP contribution in [-0.2, 0) is 19.6 Å². The van der Waals surface area contributed by atoms with E-state index in [0.29, 0.717) is 6.42 Å². The monoisotopic (exact) mass is 546 g/mol. The molecule has 13 heteroatoms. The van der Waals surface area contributed by atoms with E-state index in [9.17, 15) is 28.0 Å². The number of amides is 2. The van der Waals surface area contributed by atoms with Gasteiger partial charge in [0.05, 0.1) is 18.8 Å². The van der Waals surface area contributed by atoms with Crippen LogP contribution in [0.15, 0.2) is 52.4 Å². The number of ether oxygens (including phenoxy) is 1. The van der Waals surface area contributed by atoms with Gasteiger partial charge >= 0.3 is 21.1 Å². The van der Waals surface area contributed by atoms with Gasteiger partial charge in [-0.05, 0) is 24.8 Å². The van der Waals surface area contributed by atoms with Gasteiger partial charge in [-0.1, -0.05) is 32.1 Å². The molecule has 2 amide bonds. The van der Waals surface area contributed by atoms with E-state index < -0.39 is 57.5 Å². The zero-order valence-corrected chi connectivity index (χ0v) is 21.5. The zero-order chi connectivity index (χ0) is 26.9. The highest BCUT2D eigenvalue weighted by atomic mass is 32.2. The fourth-order valence-electron chi connectivity index (χ4n) is 5.84. The minimum Gasteiger partial charge on any atom is -0.618 e. The van der Waals surface area contributed by atoms with Gasteiger partial charge in [0.25, 0.3) is 0 Å². The van der Waals surface area contributed by atoms with Crippen molar-refractivity contribution in [2.24, 2.45) is 5.92 Å². The fourth-order valence-corrected chi connectivity index (χ4v) is 7.49. The van der Waals surface area contributed by atoms with Crippen molar-refractivity contribution in [1.29, 1.82) is 0 Å². The number of likely N-dealkylation sites (tertiary alicyclic amines) is 1. The smallest absolute Gasteiger partial charge is 0.413 e. The minimum absolute atomic E-state index is 0.151. The van der Waals surface area contributed by atoms with E-state index in [0.717, 1.165) is 42.6 Å². The van der Waals surface area contributed by atoms with Gasteiger partial charge in [-0.2, -0.15) is 9.04 Å². The molecule has 2 saturated heterocycles. The predicted molar refractivity (Wildman–Crippen MR) is 131 cm³/mol. The summed E-state index contributed by atoms with van der Waals surface area (Å²) in [6.07, 6.45) is 8.60. The lowest BCUT2D eigenvalue weighted by Gasteiger charge is -2.31. The van der Waals surface area contributed by atoms with Crippen LogP contribution in [0.1, 0.15) is 44.9 Å². The summed E-state index contributed by atoms with van der Waals surface area (Å²) in [5, 5.41) is 14.4. The Kier molecular flexibility index (Phi) is 7.39. The highest BCUT2D eigenvalue weighted by molar-refractivity contribution is 7.89. The number of pyridine rings is 1. The molecule has 3 fully saturated rings. The molecule has 2 aromatic rings. The summed E-state index contributed by atoms with van der Waals surface area (Å²) in [6, 6.07) is 2.79. The molecule has 204 valence electrons.